The minimum Gasteiger partial charge on any atom is -0.478 e. The van der Waals surface area contributed by atoms with Crippen LogP contribution in [-0.2, 0) is 0 Å². The first-order valence-corrected chi connectivity index (χ1v) is 12.5. The van der Waals surface area contributed by atoms with Gasteiger partial charge in [0.05, 0.1) is 5.56 Å². The predicted molar refractivity (Wildman–Crippen MR) is 129 cm³/mol. The molecule has 3 heteroatoms. The molecule has 1 aromatic carbocycles. The molecule has 1 rings (SSSR count). The maximum Gasteiger partial charge on any atom is 0.335 e. The van der Waals surface area contributed by atoms with E-state index >= 15 is 0 Å². The van der Waals surface area contributed by atoms with Crippen molar-refractivity contribution < 1.29 is 15.0 Å². The van der Waals surface area contributed by atoms with Crippen molar-refractivity contribution in [1.29, 1.82) is 0 Å². The van der Waals surface area contributed by atoms with Crippen LogP contribution in [-0.4, -0.2) is 22.8 Å². The average molecular weight is 421 g/mol. The van der Waals surface area contributed by atoms with E-state index in [1.54, 1.807) is 30.3 Å². The Morgan fingerprint density at radius 1 is 0.700 bits per heavy atom. The molecule has 1 aromatic rings. The Labute approximate surface area is 186 Å². The summed E-state index contributed by atoms with van der Waals surface area (Å²) in [6.45, 7) is 4.95. The zero-order valence-electron chi connectivity index (χ0n) is 19.8. The largest absolute Gasteiger partial charge is 0.478 e. The van der Waals surface area contributed by atoms with Crippen molar-refractivity contribution in [1.82, 2.24) is 0 Å². The minimum absolute atomic E-state index is 0.331. The third kappa shape index (κ3) is 18.7. The smallest absolute Gasteiger partial charge is 0.335 e. The van der Waals surface area contributed by atoms with Gasteiger partial charge in [0, 0.05) is 6.61 Å². The maximum absolute atomic E-state index is 10.2. The molecule has 0 bridgehead atoms. The molecule has 174 valence electrons. The lowest BCUT2D eigenvalue weighted by Gasteiger charge is -2.13. The Kier molecular flexibility index (Phi) is 21.3. The number of rotatable bonds is 18. The molecule has 0 aliphatic rings. The molecule has 0 saturated carbocycles. The van der Waals surface area contributed by atoms with Gasteiger partial charge in [-0.3, -0.25) is 0 Å². The van der Waals surface area contributed by atoms with Gasteiger partial charge in [0.25, 0.3) is 0 Å². The number of hydrogen-bond acceptors (Lipinski definition) is 2. The van der Waals surface area contributed by atoms with Gasteiger partial charge in [-0.15, -0.1) is 0 Å². The van der Waals surface area contributed by atoms with Gasteiger partial charge in [-0.2, -0.15) is 0 Å². The van der Waals surface area contributed by atoms with Crippen LogP contribution in [0, 0.1) is 5.92 Å². The van der Waals surface area contributed by atoms with Crippen LogP contribution in [0.1, 0.15) is 127 Å². The summed E-state index contributed by atoms with van der Waals surface area (Å²) in [6, 6.07) is 8.30. The average Bonchev–Trinajstić information content (AvgIpc) is 2.77. The Morgan fingerprint density at radius 2 is 1.10 bits per heavy atom. The molecule has 0 fully saturated rings. The highest BCUT2D eigenvalue weighted by Gasteiger charge is 2.06. The van der Waals surface area contributed by atoms with E-state index in [0.29, 0.717) is 18.1 Å². The van der Waals surface area contributed by atoms with E-state index in [0.717, 1.165) is 0 Å². The molecule has 0 aliphatic carbocycles. The summed E-state index contributed by atoms with van der Waals surface area (Å²) in [5.41, 5.74) is 0.331. The van der Waals surface area contributed by atoms with Crippen LogP contribution in [0.5, 0.6) is 0 Å². The van der Waals surface area contributed by atoms with Gasteiger partial charge >= 0.3 is 5.97 Å². The molecular weight excluding hydrogens is 372 g/mol. The first-order valence-electron chi connectivity index (χ1n) is 12.5. The van der Waals surface area contributed by atoms with Crippen molar-refractivity contribution in [2.45, 2.75) is 117 Å². The second-order valence-electron chi connectivity index (χ2n) is 8.54. The second kappa shape index (κ2) is 22.3. The second-order valence-corrected chi connectivity index (χ2v) is 8.54. The van der Waals surface area contributed by atoms with Crippen LogP contribution in [0.15, 0.2) is 30.3 Å². The Balaban J connectivity index is 0.000000769. The number of carboxylic acid groups (broad SMARTS) is 1. The standard InChI is InChI=1S/C20H42O.C7H6O2/c1-3-5-7-9-11-12-14-16-18-20(19-21)17-15-13-10-8-6-4-2;8-7(9)6-4-2-1-3-5-6/h20-21H,3-19H2,1-2H3;1-5H,(H,8,9). The van der Waals surface area contributed by atoms with Crippen LogP contribution in [0.2, 0.25) is 0 Å². The number of hydrogen-bond donors (Lipinski definition) is 2. The summed E-state index contributed by atoms with van der Waals surface area (Å²) in [6.07, 6.45) is 21.8. The Bertz CT molecular complexity index is 472. The lowest BCUT2D eigenvalue weighted by atomic mass is 9.95. The van der Waals surface area contributed by atoms with E-state index < -0.39 is 5.97 Å². The van der Waals surface area contributed by atoms with Crippen molar-refractivity contribution >= 4 is 5.97 Å². The topological polar surface area (TPSA) is 57.5 Å². The number of aromatic carboxylic acids is 1. The van der Waals surface area contributed by atoms with E-state index in [4.69, 9.17) is 5.11 Å². The molecule has 3 nitrogen and oxygen atoms in total. The summed E-state index contributed by atoms with van der Waals surface area (Å²) in [4.78, 5) is 10.2. The van der Waals surface area contributed by atoms with Gasteiger partial charge in [0.2, 0.25) is 0 Å². The zero-order chi connectivity index (χ0) is 22.3. The van der Waals surface area contributed by atoms with Crippen LogP contribution >= 0.6 is 0 Å². The molecule has 0 aromatic heterocycles. The molecule has 0 radical (unpaired) electrons. The van der Waals surface area contributed by atoms with Gasteiger partial charge in [-0.1, -0.05) is 122 Å². The van der Waals surface area contributed by atoms with Crippen molar-refractivity contribution in [3.63, 3.8) is 0 Å². The number of aliphatic hydroxyl groups is 1. The number of benzene rings is 1. The zero-order valence-corrected chi connectivity index (χ0v) is 19.8. The van der Waals surface area contributed by atoms with Crippen molar-refractivity contribution in [2.24, 2.45) is 5.92 Å². The Morgan fingerprint density at radius 3 is 1.43 bits per heavy atom. The molecule has 0 heterocycles. The normalized spacial score (nSPS) is 11.6. The molecule has 0 amide bonds. The Hall–Kier alpha value is -1.35. The first kappa shape index (κ1) is 28.6. The molecule has 0 spiro atoms. The molecule has 0 saturated heterocycles. The highest BCUT2D eigenvalue weighted by molar-refractivity contribution is 5.87. The van der Waals surface area contributed by atoms with E-state index in [1.807, 2.05) is 0 Å². The molecule has 0 aliphatic heterocycles. The molecular formula is C27H48O3. The fourth-order valence-electron chi connectivity index (χ4n) is 3.69. The lowest BCUT2D eigenvalue weighted by molar-refractivity contribution is 0.0697. The van der Waals surface area contributed by atoms with Gasteiger partial charge < -0.3 is 10.2 Å². The molecule has 2 N–H and O–H groups in total. The van der Waals surface area contributed by atoms with Crippen molar-refractivity contribution in [3.05, 3.63) is 35.9 Å². The summed E-state index contributed by atoms with van der Waals surface area (Å²) < 4.78 is 0. The third-order valence-electron chi connectivity index (χ3n) is 5.71. The number of aliphatic hydroxyl groups excluding tert-OH is 1. The van der Waals surface area contributed by atoms with Gasteiger partial charge in [0.15, 0.2) is 0 Å². The molecule has 1 unspecified atom stereocenters. The van der Waals surface area contributed by atoms with Crippen LogP contribution in [0.4, 0.5) is 0 Å². The molecule has 30 heavy (non-hydrogen) atoms. The van der Waals surface area contributed by atoms with Crippen LogP contribution < -0.4 is 0 Å². The van der Waals surface area contributed by atoms with Crippen LogP contribution in [0.3, 0.4) is 0 Å². The summed E-state index contributed by atoms with van der Waals surface area (Å²) in [5, 5.41) is 17.9. The van der Waals surface area contributed by atoms with Crippen molar-refractivity contribution in [3.8, 4) is 0 Å². The first-order chi connectivity index (χ1) is 14.7. The monoisotopic (exact) mass is 420 g/mol. The fourth-order valence-corrected chi connectivity index (χ4v) is 3.69. The van der Waals surface area contributed by atoms with E-state index in [1.165, 1.54) is 103 Å². The number of unbranched alkanes of at least 4 members (excludes halogenated alkanes) is 12. The quantitative estimate of drug-likeness (QED) is 0.235. The lowest BCUT2D eigenvalue weighted by Crippen LogP contribution is -2.06. The number of carbonyl (C=O) groups is 1. The third-order valence-corrected chi connectivity index (χ3v) is 5.71. The van der Waals surface area contributed by atoms with Gasteiger partial charge in [-0.05, 0) is 30.9 Å². The highest BCUT2D eigenvalue weighted by atomic mass is 16.4. The SMILES string of the molecule is CCCCCCCCCCC(CO)CCCCCCCC.O=C(O)c1ccccc1. The predicted octanol–water partition coefficient (Wildman–Crippen LogP) is 8.26. The minimum atomic E-state index is -0.879. The molecule has 1 atom stereocenters. The van der Waals surface area contributed by atoms with Crippen LogP contribution in [0.25, 0.3) is 0 Å². The van der Waals surface area contributed by atoms with Gasteiger partial charge in [0.1, 0.15) is 0 Å². The summed E-state index contributed by atoms with van der Waals surface area (Å²) in [5.74, 6) is -0.299. The highest BCUT2D eigenvalue weighted by Crippen LogP contribution is 2.19. The number of carboxylic acids is 1. The summed E-state index contributed by atoms with van der Waals surface area (Å²) >= 11 is 0. The van der Waals surface area contributed by atoms with Gasteiger partial charge in [-0.25, -0.2) is 4.79 Å². The maximum atomic E-state index is 10.2. The summed E-state index contributed by atoms with van der Waals surface area (Å²) in [7, 11) is 0. The van der Waals surface area contributed by atoms with E-state index in [-0.39, 0.29) is 0 Å². The van der Waals surface area contributed by atoms with E-state index in [9.17, 15) is 9.90 Å². The van der Waals surface area contributed by atoms with E-state index in [2.05, 4.69) is 13.8 Å². The fraction of sp³-hybridized carbons (Fsp3) is 0.741. The van der Waals surface area contributed by atoms with Crippen molar-refractivity contribution in [2.75, 3.05) is 6.61 Å².